The van der Waals surface area contributed by atoms with Crippen molar-refractivity contribution >= 4 is 35.1 Å². The molecule has 2 atom stereocenters. The Morgan fingerprint density at radius 3 is 2.47 bits per heavy atom. The third kappa shape index (κ3) is 4.21. The van der Waals surface area contributed by atoms with Gasteiger partial charge in [-0.1, -0.05) is 17.7 Å². The number of hydrogen-bond donors (Lipinski definition) is 1. The summed E-state index contributed by atoms with van der Waals surface area (Å²) in [6.07, 6.45) is 1.08. The Bertz CT molecular complexity index is 1240. The molecule has 0 saturated carbocycles. The first kappa shape index (κ1) is 21.4. The number of rotatable bonds is 4. The van der Waals surface area contributed by atoms with Crippen molar-refractivity contribution in [3.63, 3.8) is 0 Å². The van der Waals surface area contributed by atoms with Gasteiger partial charge < -0.3 is 24.4 Å². The van der Waals surface area contributed by atoms with Crippen LogP contribution in [0.1, 0.15) is 18.0 Å². The molecule has 0 spiro atoms. The molecule has 10 heteroatoms. The minimum absolute atomic E-state index is 0.0878. The number of halogens is 1. The van der Waals surface area contributed by atoms with Crippen molar-refractivity contribution in [3.8, 4) is 0 Å². The van der Waals surface area contributed by atoms with Gasteiger partial charge >= 0.3 is 0 Å². The molecular weight excluding hydrogens is 454 g/mol. The van der Waals surface area contributed by atoms with Gasteiger partial charge in [0.05, 0.1) is 13.2 Å². The SMILES string of the molecule is O=c1cccc2n1C[C@@H]1C[C@H]2CN(c2nc(Nc3ccc(Cl)cc3)nc(N3CCOCC3)n2)C1. The summed E-state index contributed by atoms with van der Waals surface area (Å²) in [6, 6.07) is 13.1. The lowest BCUT2D eigenvalue weighted by Crippen LogP contribution is -2.48. The number of aromatic nitrogens is 4. The molecule has 34 heavy (non-hydrogen) atoms. The van der Waals surface area contributed by atoms with Crippen LogP contribution >= 0.6 is 11.6 Å². The Labute approximate surface area is 202 Å². The van der Waals surface area contributed by atoms with Gasteiger partial charge in [0.1, 0.15) is 0 Å². The molecule has 0 radical (unpaired) electrons. The van der Waals surface area contributed by atoms with Gasteiger partial charge in [0.15, 0.2) is 0 Å². The highest BCUT2D eigenvalue weighted by Crippen LogP contribution is 2.36. The van der Waals surface area contributed by atoms with E-state index in [1.54, 1.807) is 6.07 Å². The maximum Gasteiger partial charge on any atom is 0.250 e. The van der Waals surface area contributed by atoms with E-state index in [2.05, 4.69) is 21.2 Å². The van der Waals surface area contributed by atoms with Crippen LogP contribution in [0.15, 0.2) is 47.3 Å². The van der Waals surface area contributed by atoms with Crippen molar-refractivity contribution in [3.05, 3.63) is 63.5 Å². The number of piperidine rings is 1. The lowest BCUT2D eigenvalue weighted by molar-refractivity contribution is 0.122. The van der Waals surface area contributed by atoms with Crippen LogP contribution in [-0.2, 0) is 11.3 Å². The maximum absolute atomic E-state index is 12.4. The lowest BCUT2D eigenvalue weighted by atomic mass is 9.83. The van der Waals surface area contributed by atoms with Gasteiger partial charge in [-0.25, -0.2) is 0 Å². The molecule has 1 N–H and O–H groups in total. The molecule has 2 aromatic heterocycles. The van der Waals surface area contributed by atoms with Crippen LogP contribution in [0.5, 0.6) is 0 Å². The highest BCUT2D eigenvalue weighted by atomic mass is 35.5. The Balaban J connectivity index is 1.33. The number of ether oxygens (including phenoxy) is 1. The Kier molecular flexibility index (Phi) is 5.58. The molecule has 2 bridgehead atoms. The predicted molar refractivity (Wildman–Crippen MR) is 131 cm³/mol. The van der Waals surface area contributed by atoms with E-state index in [1.807, 2.05) is 34.9 Å². The standard InChI is InChI=1S/C24H26ClN7O2/c25-18-4-6-19(7-5-18)26-22-27-23(30-8-10-34-11-9-30)29-24(28-22)31-13-16-12-17(15-31)20-2-1-3-21(33)32(20)14-16/h1-7,16-17H,8-15H2,(H,26,27,28,29)/t16-,17+/m1/s1. The molecule has 9 nitrogen and oxygen atoms in total. The largest absolute Gasteiger partial charge is 0.378 e. The van der Waals surface area contributed by atoms with Crippen LogP contribution in [0.3, 0.4) is 0 Å². The summed E-state index contributed by atoms with van der Waals surface area (Å²) >= 11 is 6.04. The van der Waals surface area contributed by atoms with Gasteiger partial charge in [0, 0.05) is 61.1 Å². The first-order valence-corrected chi connectivity index (χ1v) is 12.1. The summed E-state index contributed by atoms with van der Waals surface area (Å²) in [7, 11) is 0. The van der Waals surface area contributed by atoms with E-state index in [4.69, 9.17) is 31.3 Å². The van der Waals surface area contributed by atoms with Crippen molar-refractivity contribution in [1.82, 2.24) is 19.5 Å². The normalized spacial score (nSPS) is 21.8. The molecule has 0 aliphatic carbocycles. The van der Waals surface area contributed by atoms with Crippen LogP contribution in [0.2, 0.25) is 5.02 Å². The molecule has 6 rings (SSSR count). The van der Waals surface area contributed by atoms with Crippen molar-refractivity contribution in [1.29, 1.82) is 0 Å². The summed E-state index contributed by atoms with van der Waals surface area (Å²) in [5.41, 5.74) is 2.05. The second kappa shape index (κ2) is 8.88. The Morgan fingerprint density at radius 1 is 0.912 bits per heavy atom. The molecule has 1 aromatic carbocycles. The number of hydrogen-bond acceptors (Lipinski definition) is 8. The molecule has 0 unspecified atom stereocenters. The second-order valence-electron chi connectivity index (χ2n) is 9.09. The van der Waals surface area contributed by atoms with Crippen molar-refractivity contribution in [2.24, 2.45) is 5.92 Å². The van der Waals surface area contributed by atoms with Gasteiger partial charge in [-0.05, 0) is 42.7 Å². The first-order valence-electron chi connectivity index (χ1n) is 11.7. The third-order valence-corrected chi connectivity index (χ3v) is 7.02. The van der Waals surface area contributed by atoms with Crippen molar-refractivity contribution < 1.29 is 4.74 Å². The summed E-state index contributed by atoms with van der Waals surface area (Å²) < 4.78 is 7.46. The predicted octanol–water partition coefficient (Wildman–Crippen LogP) is 2.89. The fourth-order valence-electron chi connectivity index (χ4n) is 5.18. The smallest absolute Gasteiger partial charge is 0.250 e. The lowest BCUT2D eigenvalue weighted by Gasteiger charge is -2.42. The number of anilines is 4. The molecule has 176 valence electrons. The maximum atomic E-state index is 12.4. The van der Waals surface area contributed by atoms with Gasteiger partial charge in [-0.15, -0.1) is 0 Å². The average Bonchev–Trinajstić information content (AvgIpc) is 2.86. The average molecular weight is 480 g/mol. The topological polar surface area (TPSA) is 88.4 Å². The van der Waals surface area contributed by atoms with Crippen LogP contribution < -0.4 is 20.7 Å². The van der Waals surface area contributed by atoms with Crippen LogP contribution in [0.4, 0.5) is 23.5 Å². The van der Waals surface area contributed by atoms with Gasteiger partial charge in [0.2, 0.25) is 17.8 Å². The number of pyridine rings is 1. The zero-order chi connectivity index (χ0) is 23.1. The van der Waals surface area contributed by atoms with Gasteiger partial charge in [-0.2, -0.15) is 15.0 Å². The molecule has 3 aromatic rings. The zero-order valence-electron chi connectivity index (χ0n) is 18.7. The van der Waals surface area contributed by atoms with Crippen LogP contribution in [-0.4, -0.2) is 58.9 Å². The summed E-state index contributed by atoms with van der Waals surface area (Å²) in [5, 5.41) is 3.99. The quantitative estimate of drug-likeness (QED) is 0.611. The van der Waals surface area contributed by atoms with E-state index in [9.17, 15) is 4.79 Å². The highest BCUT2D eigenvalue weighted by molar-refractivity contribution is 6.30. The van der Waals surface area contributed by atoms with Gasteiger partial charge in [0.25, 0.3) is 5.56 Å². The van der Waals surface area contributed by atoms with E-state index >= 15 is 0 Å². The number of fused-ring (bicyclic) bond motifs is 4. The van der Waals surface area contributed by atoms with E-state index < -0.39 is 0 Å². The zero-order valence-corrected chi connectivity index (χ0v) is 19.5. The first-order chi connectivity index (χ1) is 16.6. The summed E-state index contributed by atoms with van der Waals surface area (Å²) in [4.78, 5) is 31.2. The second-order valence-corrected chi connectivity index (χ2v) is 9.53. The third-order valence-electron chi connectivity index (χ3n) is 6.77. The Morgan fingerprint density at radius 2 is 1.68 bits per heavy atom. The minimum atomic E-state index is 0.0878. The molecule has 0 amide bonds. The van der Waals surface area contributed by atoms with Crippen LogP contribution in [0.25, 0.3) is 0 Å². The number of nitrogens with zero attached hydrogens (tertiary/aromatic N) is 6. The Hall–Kier alpha value is -3.17. The van der Waals surface area contributed by atoms with Crippen molar-refractivity contribution in [2.75, 3.05) is 54.5 Å². The minimum Gasteiger partial charge on any atom is -0.378 e. The van der Waals surface area contributed by atoms with E-state index in [0.717, 1.165) is 50.5 Å². The van der Waals surface area contributed by atoms with Crippen molar-refractivity contribution in [2.45, 2.75) is 18.9 Å². The number of morpholine rings is 1. The molecule has 2 saturated heterocycles. The fraction of sp³-hybridized carbons (Fsp3) is 0.417. The fourth-order valence-corrected chi connectivity index (χ4v) is 5.30. The van der Waals surface area contributed by atoms with Gasteiger partial charge in [-0.3, -0.25) is 4.79 Å². The van der Waals surface area contributed by atoms with Crippen LogP contribution in [0, 0.1) is 5.92 Å². The molecular formula is C24H26ClN7O2. The van der Waals surface area contributed by atoms with E-state index in [1.165, 1.54) is 0 Å². The number of nitrogens with one attached hydrogen (secondary N) is 1. The van der Waals surface area contributed by atoms with E-state index in [0.29, 0.717) is 42.0 Å². The van der Waals surface area contributed by atoms with E-state index in [-0.39, 0.29) is 11.5 Å². The molecule has 3 aliphatic rings. The molecule has 2 fully saturated rings. The molecule has 3 aliphatic heterocycles. The molecule has 5 heterocycles. The highest BCUT2D eigenvalue weighted by Gasteiger charge is 2.36. The monoisotopic (exact) mass is 479 g/mol. The summed E-state index contributed by atoms with van der Waals surface area (Å²) in [6.45, 7) is 5.11. The summed E-state index contributed by atoms with van der Waals surface area (Å²) in [5.74, 6) is 2.47. The number of benzene rings is 1.